The van der Waals surface area contributed by atoms with E-state index in [2.05, 4.69) is 33.7 Å². The largest absolute Gasteiger partial charge is 0.463 e. The molecule has 2 aromatic rings. The van der Waals surface area contributed by atoms with Crippen LogP contribution in [0.2, 0.25) is 0 Å². The number of esters is 1. The number of hydrogen-bond donors (Lipinski definition) is 1. The summed E-state index contributed by atoms with van der Waals surface area (Å²) in [5.74, 6) is -0.388. The highest BCUT2D eigenvalue weighted by Crippen LogP contribution is 2.48. The van der Waals surface area contributed by atoms with Gasteiger partial charge < -0.3 is 24.7 Å². The molecule has 2 N–H and O–H groups in total. The van der Waals surface area contributed by atoms with E-state index in [-0.39, 0.29) is 18.2 Å². The highest BCUT2D eigenvalue weighted by atomic mass is 16.8. The monoisotopic (exact) mass is 500 g/mol. The van der Waals surface area contributed by atoms with Crippen molar-refractivity contribution in [1.82, 2.24) is 24.4 Å². The Morgan fingerprint density at radius 2 is 2.11 bits per heavy atom. The second-order valence-electron chi connectivity index (χ2n) is 10.6. The Kier molecular flexibility index (Phi) is 6.52. The zero-order valence-corrected chi connectivity index (χ0v) is 21.6. The number of imidazole rings is 1. The van der Waals surface area contributed by atoms with Crippen molar-refractivity contribution in [2.75, 3.05) is 25.5 Å². The smallest absolute Gasteiger partial charge is 0.330 e. The van der Waals surface area contributed by atoms with Crippen molar-refractivity contribution in [3.05, 3.63) is 24.8 Å². The first-order valence-electron chi connectivity index (χ1n) is 12.7. The van der Waals surface area contributed by atoms with E-state index >= 15 is 0 Å². The minimum absolute atomic E-state index is 0.208. The first-order valence-corrected chi connectivity index (χ1v) is 12.7. The molecule has 2 aromatic heterocycles. The van der Waals surface area contributed by atoms with Gasteiger partial charge in [0, 0.05) is 24.7 Å². The summed E-state index contributed by atoms with van der Waals surface area (Å²) in [6.45, 7) is 11.4. The lowest BCUT2D eigenvalue weighted by Crippen LogP contribution is -2.53. The Morgan fingerprint density at radius 1 is 1.33 bits per heavy atom. The van der Waals surface area contributed by atoms with Crippen LogP contribution in [0.5, 0.6) is 0 Å². The van der Waals surface area contributed by atoms with E-state index in [4.69, 9.17) is 24.7 Å². The number of anilines is 1. The second-order valence-corrected chi connectivity index (χ2v) is 10.6. The summed E-state index contributed by atoms with van der Waals surface area (Å²) in [5, 5.41) is 0. The number of nitrogen functional groups attached to an aromatic ring is 1. The molecular weight excluding hydrogens is 464 g/mol. The van der Waals surface area contributed by atoms with E-state index in [9.17, 15) is 4.79 Å². The number of ether oxygens (including phenoxy) is 4. The van der Waals surface area contributed by atoms with Crippen LogP contribution in [0.15, 0.2) is 24.8 Å². The molecule has 1 saturated carbocycles. The van der Waals surface area contributed by atoms with Crippen LogP contribution in [0.25, 0.3) is 11.2 Å². The molecule has 11 nitrogen and oxygen atoms in total. The second kappa shape index (κ2) is 9.37. The van der Waals surface area contributed by atoms with E-state index < -0.39 is 11.5 Å². The Morgan fingerprint density at radius 3 is 2.83 bits per heavy atom. The van der Waals surface area contributed by atoms with Crippen molar-refractivity contribution < 1.29 is 23.7 Å². The minimum Gasteiger partial charge on any atom is -0.463 e. The van der Waals surface area contributed by atoms with Crippen LogP contribution in [-0.4, -0.2) is 80.2 Å². The van der Waals surface area contributed by atoms with Crippen LogP contribution in [0.3, 0.4) is 0 Å². The van der Waals surface area contributed by atoms with E-state index in [1.165, 1.54) is 6.33 Å². The summed E-state index contributed by atoms with van der Waals surface area (Å²) in [6.07, 6.45) is 8.05. The number of hydrogen-bond acceptors (Lipinski definition) is 10. The number of carbonyl (C=O) groups is 1. The molecular formula is C25H36N6O5. The van der Waals surface area contributed by atoms with Gasteiger partial charge in [-0.1, -0.05) is 6.08 Å². The molecule has 3 aliphatic rings. The van der Waals surface area contributed by atoms with Crippen LogP contribution in [0, 0.1) is 5.92 Å². The Hall–Kier alpha value is -2.60. The molecule has 4 heterocycles. The third-order valence-corrected chi connectivity index (χ3v) is 7.35. The third-order valence-electron chi connectivity index (χ3n) is 7.35. The maximum atomic E-state index is 11.6. The van der Waals surface area contributed by atoms with Gasteiger partial charge in [0.1, 0.15) is 24.1 Å². The zero-order chi connectivity index (χ0) is 25.7. The van der Waals surface area contributed by atoms with E-state index in [0.717, 1.165) is 12.8 Å². The maximum absolute atomic E-state index is 11.6. The third kappa shape index (κ3) is 4.38. The highest BCUT2D eigenvalue weighted by molar-refractivity contribution is 5.82. The topological polar surface area (TPSA) is 127 Å². The standard InChI is InChI=1S/C25H36N6O5/c1-6-33-19(32)8-7-16-9-17(10-16)30(15(2)3)11-18-21-25(12-34-18,36-24(4,5)35-21)31-14-29-20-22(26)27-13-28-23(20)31/h7-8,13-18,21H,6,9-12H2,1-5H3,(H2,26,27,28)/b8-7+/t16-,17-,18-,21-,25-/m1/s1. The Labute approximate surface area is 210 Å². The fraction of sp³-hybridized carbons (Fsp3) is 0.680. The fourth-order valence-corrected chi connectivity index (χ4v) is 5.68. The van der Waals surface area contributed by atoms with E-state index in [1.807, 2.05) is 31.4 Å². The Bertz CT molecular complexity index is 1140. The number of nitrogens with two attached hydrogens (primary N) is 1. The fourth-order valence-electron chi connectivity index (χ4n) is 5.68. The number of allylic oxidation sites excluding steroid dienone is 1. The minimum atomic E-state index is -0.906. The molecule has 2 aliphatic heterocycles. The molecule has 5 rings (SSSR count). The normalized spacial score (nSPS) is 31.4. The predicted molar refractivity (Wildman–Crippen MR) is 132 cm³/mol. The molecule has 0 unspecified atom stereocenters. The number of fused-ring (bicyclic) bond motifs is 2. The summed E-state index contributed by atoms with van der Waals surface area (Å²) in [6, 6.07) is 0.720. The first kappa shape index (κ1) is 25.1. The van der Waals surface area contributed by atoms with E-state index in [0.29, 0.717) is 54.7 Å². The van der Waals surface area contributed by atoms with Gasteiger partial charge in [-0.05, 0) is 53.4 Å². The molecule has 11 heteroatoms. The van der Waals surface area contributed by atoms with Crippen molar-refractivity contribution in [2.45, 2.75) is 83.3 Å². The maximum Gasteiger partial charge on any atom is 0.330 e. The van der Waals surface area contributed by atoms with Crippen molar-refractivity contribution in [3.63, 3.8) is 0 Å². The van der Waals surface area contributed by atoms with Gasteiger partial charge in [0.25, 0.3) is 0 Å². The average molecular weight is 501 g/mol. The summed E-state index contributed by atoms with van der Waals surface area (Å²) in [7, 11) is 0. The van der Waals surface area contributed by atoms with Gasteiger partial charge in [-0.2, -0.15) is 0 Å². The molecule has 0 amide bonds. The van der Waals surface area contributed by atoms with Gasteiger partial charge in [0.15, 0.2) is 17.3 Å². The van der Waals surface area contributed by atoms with Gasteiger partial charge in [-0.25, -0.2) is 19.7 Å². The molecule has 0 radical (unpaired) electrons. The van der Waals surface area contributed by atoms with Gasteiger partial charge in [0.2, 0.25) is 5.72 Å². The van der Waals surface area contributed by atoms with E-state index in [1.54, 1.807) is 12.4 Å². The summed E-state index contributed by atoms with van der Waals surface area (Å²) >= 11 is 0. The number of carbonyl (C=O) groups excluding carboxylic acids is 1. The van der Waals surface area contributed by atoms with Crippen molar-refractivity contribution in [2.24, 2.45) is 5.92 Å². The lowest BCUT2D eigenvalue weighted by Gasteiger charge is -2.45. The van der Waals surface area contributed by atoms with Crippen LogP contribution in [0.4, 0.5) is 5.82 Å². The van der Waals surface area contributed by atoms with Crippen LogP contribution in [-0.2, 0) is 29.5 Å². The molecule has 0 aromatic carbocycles. The van der Waals surface area contributed by atoms with Crippen molar-refractivity contribution in [3.8, 4) is 0 Å². The van der Waals surface area contributed by atoms with Gasteiger partial charge in [-0.3, -0.25) is 9.47 Å². The summed E-state index contributed by atoms with van der Waals surface area (Å²) in [5.41, 5.74) is 6.25. The van der Waals surface area contributed by atoms with Gasteiger partial charge in [0.05, 0.1) is 19.5 Å². The van der Waals surface area contributed by atoms with Crippen molar-refractivity contribution >= 4 is 23.0 Å². The number of nitrogens with zero attached hydrogens (tertiary/aromatic N) is 5. The quantitative estimate of drug-likeness (QED) is 0.426. The van der Waals surface area contributed by atoms with Crippen molar-refractivity contribution in [1.29, 1.82) is 0 Å². The SMILES string of the molecule is CCOC(=O)/C=C/[C@H]1C[C@H](N(C[C@H]2OC[C@@]3(n4cnc5c(N)ncnc54)OC(C)(C)O[C@H]23)C(C)C)C1. The zero-order valence-electron chi connectivity index (χ0n) is 21.6. The molecule has 0 spiro atoms. The van der Waals surface area contributed by atoms with Gasteiger partial charge in [-0.15, -0.1) is 0 Å². The molecule has 3 fully saturated rings. The average Bonchev–Trinajstić information content (AvgIpc) is 3.42. The highest BCUT2D eigenvalue weighted by Gasteiger charge is 2.63. The van der Waals surface area contributed by atoms with Crippen LogP contribution in [0.1, 0.15) is 47.5 Å². The molecule has 36 heavy (non-hydrogen) atoms. The van der Waals surface area contributed by atoms with Gasteiger partial charge >= 0.3 is 5.97 Å². The molecule has 2 saturated heterocycles. The lowest BCUT2D eigenvalue weighted by atomic mass is 9.78. The van der Waals surface area contributed by atoms with Crippen LogP contribution >= 0.6 is 0 Å². The number of rotatable bonds is 8. The molecule has 3 atom stereocenters. The first-order chi connectivity index (χ1) is 17.1. The molecule has 0 bridgehead atoms. The molecule has 196 valence electrons. The van der Waals surface area contributed by atoms with Crippen LogP contribution < -0.4 is 5.73 Å². The molecule has 1 aliphatic carbocycles. The number of aromatic nitrogens is 4. The summed E-state index contributed by atoms with van der Waals surface area (Å²) < 4.78 is 26.2. The lowest BCUT2D eigenvalue weighted by molar-refractivity contribution is -0.206. The predicted octanol–water partition coefficient (Wildman–Crippen LogP) is 2.22. The Balaban J connectivity index is 1.33. The summed E-state index contributed by atoms with van der Waals surface area (Å²) in [4.78, 5) is 27.1.